The highest BCUT2D eigenvalue weighted by Crippen LogP contribution is 2.79. The number of allylic oxidation sites excluding steroid dienone is 2. The molecule has 0 aromatic heterocycles. The van der Waals surface area contributed by atoms with Gasteiger partial charge in [0.15, 0.2) is 0 Å². The van der Waals surface area contributed by atoms with Crippen molar-refractivity contribution in [3.8, 4) is 0 Å². The summed E-state index contributed by atoms with van der Waals surface area (Å²) >= 11 is 0. The molecule has 2 aromatic carbocycles. The largest absolute Gasteiger partial charge is 0.297 e. The summed E-state index contributed by atoms with van der Waals surface area (Å²) in [4.78, 5) is 0.429. The molecule has 0 aliphatic heterocycles. The molecule has 0 radical (unpaired) electrons. The number of hydrogen-bond acceptors (Lipinski definition) is 6. The Balaban J connectivity index is 1.09. The summed E-state index contributed by atoms with van der Waals surface area (Å²) < 4.78 is 65.1. The molecule has 6 aliphatic rings. The van der Waals surface area contributed by atoms with Gasteiger partial charge in [0.2, 0.25) is 0 Å². The Morgan fingerprint density at radius 3 is 1.34 bits per heavy atom. The minimum atomic E-state index is -3.86. The number of hydrogen-bond donors (Lipinski definition) is 0. The maximum atomic E-state index is 13.3. The fourth-order valence-corrected chi connectivity index (χ4v) is 12.3. The molecule has 8 heteroatoms. The molecule has 5 fully saturated rings. The number of aryl methyl sites for hydroxylation is 2. The fourth-order valence-electron chi connectivity index (χ4n) is 10.1. The zero-order chi connectivity index (χ0) is 26.1. The van der Waals surface area contributed by atoms with Gasteiger partial charge in [0.05, 0.1) is 22.0 Å². The fraction of sp³-hybridized carbons (Fsp3) is 0.533. The van der Waals surface area contributed by atoms with Crippen molar-refractivity contribution in [2.75, 3.05) is 0 Å². The van der Waals surface area contributed by atoms with E-state index >= 15 is 0 Å². The molecule has 0 N–H and O–H groups in total. The van der Waals surface area contributed by atoms with Crippen molar-refractivity contribution >= 4 is 20.2 Å². The van der Waals surface area contributed by atoms with Gasteiger partial charge in [-0.15, -0.1) is 0 Å². The van der Waals surface area contributed by atoms with Gasteiger partial charge in [-0.3, -0.25) is 8.37 Å². The van der Waals surface area contributed by atoms with E-state index in [4.69, 9.17) is 8.37 Å². The summed E-state index contributed by atoms with van der Waals surface area (Å²) in [6.07, 6.45) is 5.39. The van der Waals surface area contributed by atoms with Crippen LogP contribution in [0.1, 0.15) is 24.0 Å². The third-order valence-electron chi connectivity index (χ3n) is 11.1. The van der Waals surface area contributed by atoms with Crippen LogP contribution in [0.5, 0.6) is 0 Å². The predicted molar refractivity (Wildman–Crippen MR) is 140 cm³/mol. The quantitative estimate of drug-likeness (QED) is 0.380. The maximum absolute atomic E-state index is 13.3. The molecule has 0 heterocycles. The normalized spacial score (nSPS) is 43.3. The highest BCUT2D eigenvalue weighted by molar-refractivity contribution is 7.87. The molecule has 0 saturated heterocycles. The molecule has 6 nitrogen and oxygen atoms in total. The Morgan fingerprint density at radius 2 is 0.947 bits per heavy atom. The molecule has 0 amide bonds. The van der Waals surface area contributed by atoms with E-state index in [9.17, 15) is 16.8 Å². The van der Waals surface area contributed by atoms with Gasteiger partial charge in [-0.05, 0) is 110 Å². The lowest BCUT2D eigenvalue weighted by Gasteiger charge is -2.28. The second kappa shape index (κ2) is 7.80. The first kappa shape index (κ1) is 23.9. The zero-order valence-corrected chi connectivity index (χ0v) is 23.0. The second-order valence-electron chi connectivity index (χ2n) is 12.6. The average molecular weight is 553 g/mol. The van der Waals surface area contributed by atoms with Gasteiger partial charge < -0.3 is 0 Å². The van der Waals surface area contributed by atoms with Gasteiger partial charge >= 0.3 is 0 Å². The lowest BCUT2D eigenvalue weighted by Crippen LogP contribution is -2.31. The Morgan fingerprint density at radius 1 is 0.553 bits per heavy atom. The Labute approximate surface area is 224 Å². The van der Waals surface area contributed by atoms with Crippen LogP contribution in [-0.2, 0) is 28.6 Å². The lowest BCUT2D eigenvalue weighted by molar-refractivity contribution is 0.108. The maximum Gasteiger partial charge on any atom is 0.297 e. The van der Waals surface area contributed by atoms with Gasteiger partial charge in [0.1, 0.15) is 0 Å². The molecule has 5 saturated carbocycles. The van der Waals surface area contributed by atoms with E-state index in [0.717, 1.165) is 24.0 Å². The smallest absolute Gasteiger partial charge is 0.263 e. The molecule has 8 rings (SSSR count). The van der Waals surface area contributed by atoms with Crippen molar-refractivity contribution in [2.24, 2.45) is 59.2 Å². The van der Waals surface area contributed by atoms with Gasteiger partial charge in [0, 0.05) is 0 Å². The van der Waals surface area contributed by atoms with Crippen LogP contribution < -0.4 is 0 Å². The predicted octanol–water partition coefficient (Wildman–Crippen LogP) is 4.73. The monoisotopic (exact) mass is 552 g/mol. The van der Waals surface area contributed by atoms with E-state index in [1.807, 2.05) is 13.8 Å². The molecule has 38 heavy (non-hydrogen) atoms. The van der Waals surface area contributed by atoms with Gasteiger partial charge in [-0.25, -0.2) is 0 Å². The topological polar surface area (TPSA) is 86.7 Å². The number of benzene rings is 2. The standard InChI is InChI=1S/C30H32O6S2/c1-15-3-7-17(8-4-15)37(31,32)35-23-13-21-22-14-24(36-38(33,34)18-9-5-16(2)6-10-18)27-20-12-11-19-25(20)30(29(22)27)28(21)26(19)23/h3-12,19-30H,13-14H2,1-2H3/t19-,20-,21+,22+,23-,24+,25?,26+,27+,28+,29-,30?/m0/s1. The van der Waals surface area contributed by atoms with Crippen molar-refractivity contribution < 1.29 is 25.2 Å². The van der Waals surface area contributed by atoms with Crippen LogP contribution >= 0.6 is 0 Å². The van der Waals surface area contributed by atoms with Gasteiger partial charge in [-0.2, -0.15) is 16.8 Å². The molecule has 6 aliphatic carbocycles. The Bertz CT molecular complexity index is 1430. The van der Waals surface area contributed by atoms with Crippen LogP contribution in [0, 0.1) is 73.0 Å². The van der Waals surface area contributed by atoms with Crippen molar-refractivity contribution in [1.82, 2.24) is 0 Å². The molecular weight excluding hydrogens is 520 g/mol. The summed E-state index contributed by atoms with van der Waals surface area (Å²) in [5.41, 5.74) is 2.01. The van der Waals surface area contributed by atoms with Crippen molar-refractivity contribution in [3.63, 3.8) is 0 Å². The van der Waals surface area contributed by atoms with Crippen LogP contribution in [0.15, 0.2) is 70.5 Å². The van der Waals surface area contributed by atoms with Crippen LogP contribution in [0.4, 0.5) is 0 Å². The molecule has 0 bridgehead atoms. The highest BCUT2D eigenvalue weighted by atomic mass is 32.2. The third-order valence-corrected chi connectivity index (χ3v) is 13.8. The minimum Gasteiger partial charge on any atom is -0.263 e. The second-order valence-corrected chi connectivity index (χ2v) is 15.8. The summed E-state index contributed by atoms with van der Waals surface area (Å²) in [6.45, 7) is 3.87. The summed E-state index contributed by atoms with van der Waals surface area (Å²) in [5.74, 6) is 3.68. The molecular formula is C30H32O6S2. The Hall–Kier alpha value is -2.00. The molecule has 200 valence electrons. The SMILES string of the molecule is Cc1ccc(S(=O)(=O)O[C@H]2C[C@@H]3[C@H]4C[C@@H](OS(=O)(=O)c5ccc(C)cc5)[C@@H]5[C@H]4C4C6[C@H](C=C[C@@H]65)[C@H]2[C@H]43)cc1. The van der Waals surface area contributed by atoms with Gasteiger partial charge in [0.25, 0.3) is 20.2 Å². The van der Waals surface area contributed by atoms with Crippen molar-refractivity contribution in [3.05, 3.63) is 71.8 Å². The number of fused-ring (bicyclic) bond motifs is 3. The molecule has 2 aromatic rings. The van der Waals surface area contributed by atoms with Crippen LogP contribution in [-0.4, -0.2) is 29.0 Å². The first-order valence-corrected chi connectivity index (χ1v) is 16.6. The lowest BCUT2D eigenvalue weighted by atomic mass is 9.83. The van der Waals surface area contributed by atoms with Crippen molar-refractivity contribution in [2.45, 2.75) is 48.7 Å². The van der Waals surface area contributed by atoms with Gasteiger partial charge in [-0.1, -0.05) is 47.5 Å². The van der Waals surface area contributed by atoms with Crippen LogP contribution in [0.25, 0.3) is 0 Å². The molecule has 2 unspecified atom stereocenters. The minimum absolute atomic E-state index is 0.215. The first-order valence-electron chi connectivity index (χ1n) is 13.8. The van der Waals surface area contributed by atoms with E-state index in [0.29, 0.717) is 47.3 Å². The number of rotatable bonds is 6. The highest BCUT2D eigenvalue weighted by Gasteiger charge is 2.77. The zero-order valence-electron chi connectivity index (χ0n) is 21.4. The first-order chi connectivity index (χ1) is 18.1. The van der Waals surface area contributed by atoms with E-state index in [1.165, 1.54) is 0 Å². The summed E-state index contributed by atoms with van der Waals surface area (Å²) in [7, 11) is -7.71. The van der Waals surface area contributed by atoms with E-state index in [2.05, 4.69) is 12.2 Å². The average Bonchev–Trinajstić information content (AvgIpc) is 3.65. The van der Waals surface area contributed by atoms with Crippen LogP contribution in [0.3, 0.4) is 0 Å². The summed E-state index contributed by atoms with van der Waals surface area (Å²) in [6, 6.07) is 13.7. The van der Waals surface area contributed by atoms with Crippen LogP contribution in [0.2, 0.25) is 0 Å². The molecule has 12 atom stereocenters. The van der Waals surface area contributed by atoms with E-state index in [1.54, 1.807) is 48.5 Å². The van der Waals surface area contributed by atoms with Crippen molar-refractivity contribution in [1.29, 1.82) is 0 Å². The Kier molecular flexibility index (Phi) is 4.90. The van der Waals surface area contributed by atoms with E-state index in [-0.39, 0.29) is 33.8 Å². The molecule has 0 spiro atoms. The third kappa shape index (κ3) is 3.12. The summed E-state index contributed by atoms with van der Waals surface area (Å²) in [5, 5.41) is 0. The van der Waals surface area contributed by atoms with E-state index < -0.39 is 20.2 Å².